The lowest BCUT2D eigenvalue weighted by Gasteiger charge is -2.20. The zero-order valence-electron chi connectivity index (χ0n) is 13.6. The fourth-order valence-electron chi connectivity index (χ4n) is 2.91. The Morgan fingerprint density at radius 1 is 1.04 bits per heavy atom. The van der Waals surface area contributed by atoms with Crippen LogP contribution in [-0.2, 0) is 9.53 Å². The molecule has 2 aliphatic rings. The molecule has 2 aliphatic heterocycles. The van der Waals surface area contributed by atoms with E-state index < -0.39 is 6.10 Å². The van der Waals surface area contributed by atoms with Crippen LogP contribution in [-0.4, -0.2) is 20.0 Å². The van der Waals surface area contributed by atoms with Crippen molar-refractivity contribution in [2.24, 2.45) is 0 Å². The first kappa shape index (κ1) is 15.7. The van der Waals surface area contributed by atoms with Crippen LogP contribution >= 0.6 is 11.6 Å². The van der Waals surface area contributed by atoms with Crippen LogP contribution in [0.1, 0.15) is 11.7 Å². The number of carbonyl (C=O) groups excluding carboxylic acids is 1. The van der Waals surface area contributed by atoms with Gasteiger partial charge in [0.1, 0.15) is 17.2 Å². The van der Waals surface area contributed by atoms with Crippen LogP contribution in [0.15, 0.2) is 48.0 Å². The molecule has 4 rings (SSSR count). The minimum atomic E-state index is -0.796. The van der Waals surface area contributed by atoms with Gasteiger partial charge in [0.15, 0.2) is 6.10 Å². The molecular formula is C18H15ClN2O4. The van der Waals surface area contributed by atoms with Crippen molar-refractivity contribution in [2.45, 2.75) is 6.10 Å². The molecule has 6 nitrogen and oxygen atoms in total. The van der Waals surface area contributed by atoms with E-state index in [1.54, 1.807) is 44.6 Å². The molecule has 0 radical (unpaired) electrons. The first-order valence-electron chi connectivity index (χ1n) is 7.61. The maximum absolute atomic E-state index is 12.8. The molecule has 0 aliphatic carbocycles. The number of hydrogen-bond acceptors (Lipinski definition) is 6. The first-order chi connectivity index (χ1) is 12.1. The summed E-state index contributed by atoms with van der Waals surface area (Å²) in [4.78, 5) is 12.8. The van der Waals surface area contributed by atoms with Crippen molar-refractivity contribution in [1.82, 2.24) is 0 Å². The van der Waals surface area contributed by atoms with E-state index in [-0.39, 0.29) is 5.78 Å². The topological polar surface area (TPSA) is 68.8 Å². The second kappa shape index (κ2) is 5.89. The molecule has 0 unspecified atom stereocenters. The van der Waals surface area contributed by atoms with Crippen molar-refractivity contribution >= 4 is 28.8 Å². The molecule has 0 saturated heterocycles. The average molecular weight is 359 g/mol. The summed E-state index contributed by atoms with van der Waals surface area (Å²) in [5, 5.41) is 6.82. The van der Waals surface area contributed by atoms with Gasteiger partial charge >= 0.3 is 0 Å². The van der Waals surface area contributed by atoms with E-state index in [1.165, 1.54) is 0 Å². The van der Waals surface area contributed by atoms with E-state index in [9.17, 15) is 4.79 Å². The Balaban J connectivity index is 1.66. The molecule has 2 aromatic carbocycles. The fraction of sp³-hybridized carbons (Fsp3) is 0.167. The summed E-state index contributed by atoms with van der Waals surface area (Å²) in [7, 11) is 3.11. The summed E-state index contributed by atoms with van der Waals surface area (Å²) in [5.74, 6) is 1.37. The second-order valence-electron chi connectivity index (χ2n) is 5.61. The van der Waals surface area contributed by atoms with Gasteiger partial charge in [0.25, 0.3) is 0 Å². The minimum absolute atomic E-state index is 0.174. The van der Waals surface area contributed by atoms with Gasteiger partial charge in [-0.2, -0.15) is 0 Å². The predicted molar refractivity (Wildman–Crippen MR) is 94.1 cm³/mol. The third-order valence-corrected chi connectivity index (χ3v) is 4.39. The van der Waals surface area contributed by atoms with Crippen molar-refractivity contribution in [1.29, 1.82) is 0 Å². The normalized spacial score (nSPS) is 17.9. The van der Waals surface area contributed by atoms with E-state index >= 15 is 0 Å². The fourth-order valence-corrected chi connectivity index (χ4v) is 3.08. The highest BCUT2D eigenvalue weighted by Crippen LogP contribution is 2.42. The van der Waals surface area contributed by atoms with Crippen molar-refractivity contribution < 1.29 is 19.0 Å². The molecule has 0 fully saturated rings. The van der Waals surface area contributed by atoms with E-state index in [2.05, 4.69) is 10.6 Å². The number of rotatable bonds is 3. The van der Waals surface area contributed by atoms with Gasteiger partial charge in [0.2, 0.25) is 11.7 Å². The van der Waals surface area contributed by atoms with Gasteiger partial charge in [0.05, 0.1) is 25.6 Å². The molecule has 0 amide bonds. The highest BCUT2D eigenvalue weighted by atomic mass is 35.5. The zero-order chi connectivity index (χ0) is 17.6. The summed E-state index contributed by atoms with van der Waals surface area (Å²) < 4.78 is 16.5. The summed E-state index contributed by atoms with van der Waals surface area (Å²) in [6.45, 7) is 0. The number of ether oxygens (including phenoxy) is 3. The summed E-state index contributed by atoms with van der Waals surface area (Å²) in [5.41, 5.74) is 2.54. The molecule has 1 atom stereocenters. The summed E-state index contributed by atoms with van der Waals surface area (Å²) in [6, 6.07) is 10.6. The number of anilines is 2. The Morgan fingerprint density at radius 2 is 1.88 bits per heavy atom. The van der Waals surface area contributed by atoms with E-state index in [0.29, 0.717) is 33.7 Å². The molecule has 0 bridgehead atoms. The predicted octanol–water partition coefficient (Wildman–Crippen LogP) is 3.70. The number of methoxy groups -OCH3 is 2. The number of ketones is 1. The van der Waals surface area contributed by atoms with Gasteiger partial charge in [0, 0.05) is 16.7 Å². The van der Waals surface area contributed by atoms with Gasteiger partial charge in [-0.25, -0.2) is 0 Å². The number of benzene rings is 2. The number of Topliss-reactive ketones (excluding diaryl/α,β-unsaturated/α-hetero) is 1. The van der Waals surface area contributed by atoms with Crippen LogP contribution in [0.3, 0.4) is 0 Å². The van der Waals surface area contributed by atoms with Crippen LogP contribution in [0.4, 0.5) is 11.4 Å². The molecule has 7 heteroatoms. The van der Waals surface area contributed by atoms with Crippen LogP contribution in [0.25, 0.3) is 0 Å². The highest BCUT2D eigenvalue weighted by molar-refractivity contribution is 6.31. The number of hydrogen-bond donors (Lipinski definition) is 2. The van der Waals surface area contributed by atoms with Crippen molar-refractivity contribution in [3.8, 4) is 11.5 Å². The van der Waals surface area contributed by atoms with Crippen LogP contribution < -0.4 is 20.1 Å². The van der Waals surface area contributed by atoms with Gasteiger partial charge in [-0.05, 0) is 30.3 Å². The Hall–Kier alpha value is -2.86. The highest BCUT2D eigenvalue weighted by Gasteiger charge is 2.40. The third-order valence-electron chi connectivity index (χ3n) is 4.16. The van der Waals surface area contributed by atoms with Gasteiger partial charge in [-0.1, -0.05) is 11.6 Å². The monoisotopic (exact) mass is 358 g/mol. The molecule has 25 heavy (non-hydrogen) atoms. The second-order valence-corrected chi connectivity index (χ2v) is 6.05. The molecule has 0 saturated carbocycles. The molecule has 0 spiro atoms. The Bertz CT molecular complexity index is 910. The van der Waals surface area contributed by atoms with E-state index in [0.717, 1.165) is 11.4 Å². The summed E-state index contributed by atoms with van der Waals surface area (Å²) in [6.07, 6.45) is -0.796. The Labute approximate surface area is 149 Å². The Kier molecular flexibility index (Phi) is 3.69. The minimum Gasteiger partial charge on any atom is -0.497 e. The molecular weight excluding hydrogens is 344 g/mol. The van der Waals surface area contributed by atoms with Crippen molar-refractivity contribution in [2.75, 3.05) is 24.9 Å². The molecule has 2 aromatic rings. The van der Waals surface area contributed by atoms with Crippen LogP contribution in [0, 0.1) is 0 Å². The first-order valence-corrected chi connectivity index (χ1v) is 7.99. The quantitative estimate of drug-likeness (QED) is 0.871. The molecule has 0 aromatic heterocycles. The number of fused-ring (bicyclic) bond motifs is 1. The lowest BCUT2D eigenvalue weighted by Crippen LogP contribution is -2.18. The SMILES string of the molecule is COc1ccc([C@@H]2OC3=C(Nc4ccc(Cl)cc4N3)C2=O)c(OC)c1. The third kappa shape index (κ3) is 2.55. The van der Waals surface area contributed by atoms with Gasteiger partial charge < -0.3 is 24.8 Å². The average Bonchev–Trinajstić information content (AvgIpc) is 2.95. The van der Waals surface area contributed by atoms with E-state index in [4.69, 9.17) is 25.8 Å². The standard InChI is InChI=1S/C18H15ClN2O4/c1-23-10-4-5-11(14(8-10)24-2)17-16(22)15-18(25-17)21-13-7-9(19)3-6-12(13)20-15/h3-8,17,20-21H,1-2H3/t17-/m0/s1. The van der Waals surface area contributed by atoms with Gasteiger partial charge in [-0.15, -0.1) is 0 Å². The zero-order valence-corrected chi connectivity index (χ0v) is 14.3. The maximum Gasteiger partial charge on any atom is 0.229 e. The van der Waals surface area contributed by atoms with Crippen molar-refractivity contribution in [3.05, 3.63) is 58.6 Å². The largest absolute Gasteiger partial charge is 0.497 e. The molecule has 128 valence electrons. The lowest BCUT2D eigenvalue weighted by molar-refractivity contribution is -0.121. The van der Waals surface area contributed by atoms with Crippen LogP contribution in [0.5, 0.6) is 11.5 Å². The Morgan fingerprint density at radius 3 is 2.64 bits per heavy atom. The van der Waals surface area contributed by atoms with Crippen LogP contribution in [0.2, 0.25) is 5.02 Å². The maximum atomic E-state index is 12.8. The lowest BCUT2D eigenvalue weighted by atomic mass is 10.0. The number of halogens is 1. The molecule has 2 N–H and O–H groups in total. The number of carbonyl (C=O) groups is 1. The van der Waals surface area contributed by atoms with Gasteiger partial charge in [-0.3, -0.25) is 4.79 Å². The smallest absolute Gasteiger partial charge is 0.229 e. The number of nitrogens with one attached hydrogen (secondary N) is 2. The van der Waals surface area contributed by atoms with Crippen molar-refractivity contribution in [3.63, 3.8) is 0 Å². The van der Waals surface area contributed by atoms with E-state index in [1.807, 2.05) is 6.07 Å². The summed E-state index contributed by atoms with van der Waals surface area (Å²) >= 11 is 6.02. The molecule has 2 heterocycles.